The summed E-state index contributed by atoms with van der Waals surface area (Å²) >= 11 is 3.14. The normalized spacial score (nSPS) is 9.86. The number of carbonyl (C=O) groups is 1. The number of nitriles is 1. The monoisotopic (exact) mass is 362 g/mol. The van der Waals surface area contributed by atoms with Crippen LogP contribution in [0.4, 0.5) is 10.1 Å². The Kier molecular flexibility index (Phi) is 5.50. The van der Waals surface area contributed by atoms with Gasteiger partial charge in [-0.2, -0.15) is 5.26 Å². The van der Waals surface area contributed by atoms with E-state index in [9.17, 15) is 9.18 Å². The third kappa shape index (κ3) is 4.06. The van der Waals surface area contributed by atoms with Crippen molar-refractivity contribution in [3.63, 3.8) is 0 Å². The molecule has 2 rings (SSSR count). The number of hydrogen-bond donors (Lipinski definition) is 0. The van der Waals surface area contributed by atoms with E-state index >= 15 is 0 Å². The lowest BCUT2D eigenvalue weighted by molar-refractivity contribution is -0.120. The van der Waals surface area contributed by atoms with Crippen LogP contribution in [0.2, 0.25) is 0 Å². The number of ether oxygens (including phenoxy) is 1. The Morgan fingerprint density at radius 2 is 2.00 bits per heavy atom. The van der Waals surface area contributed by atoms with Gasteiger partial charge in [0.1, 0.15) is 6.54 Å². The fourth-order valence-corrected chi connectivity index (χ4v) is 2.14. The maximum atomic E-state index is 13.6. The van der Waals surface area contributed by atoms with E-state index < -0.39 is 11.7 Å². The number of carbonyl (C=O) groups excluding carboxylic acids is 1. The molecule has 0 bridgehead atoms. The molecule has 0 saturated carbocycles. The van der Waals surface area contributed by atoms with Crippen LogP contribution in [0.25, 0.3) is 0 Å². The minimum Gasteiger partial charge on any atom is -0.481 e. The largest absolute Gasteiger partial charge is 0.481 e. The Hall–Kier alpha value is -2.39. The van der Waals surface area contributed by atoms with Crippen molar-refractivity contribution >= 4 is 27.5 Å². The summed E-state index contributed by atoms with van der Waals surface area (Å²) in [5.74, 6) is -0.995. The maximum absolute atomic E-state index is 13.6. The van der Waals surface area contributed by atoms with Gasteiger partial charge >= 0.3 is 0 Å². The minimum absolute atomic E-state index is 0.0125. The molecule has 0 atom stereocenters. The molecule has 0 aliphatic heterocycles. The lowest BCUT2D eigenvalue weighted by Gasteiger charge is -2.19. The highest BCUT2D eigenvalue weighted by atomic mass is 79.9. The van der Waals surface area contributed by atoms with E-state index in [0.29, 0.717) is 10.2 Å². The zero-order valence-electron chi connectivity index (χ0n) is 11.5. The third-order valence-corrected chi connectivity index (χ3v) is 3.34. The zero-order valence-corrected chi connectivity index (χ0v) is 13.1. The summed E-state index contributed by atoms with van der Waals surface area (Å²) < 4.78 is 19.4. The molecule has 0 unspecified atom stereocenters. The second-order valence-electron chi connectivity index (χ2n) is 4.34. The topological polar surface area (TPSA) is 53.3 Å². The van der Waals surface area contributed by atoms with Crippen LogP contribution < -0.4 is 9.64 Å². The Balaban J connectivity index is 2.07. The molecule has 112 valence electrons. The number of para-hydroxylation sites is 1. The van der Waals surface area contributed by atoms with Crippen molar-refractivity contribution < 1.29 is 13.9 Å². The standard InChI is InChI=1S/C16H12BrFN2O2/c17-12-6-7-15(14(18)10-12)22-11-16(21)20(9-8-19)13-4-2-1-3-5-13/h1-7,10H,9,11H2. The van der Waals surface area contributed by atoms with E-state index in [1.165, 1.54) is 17.0 Å². The van der Waals surface area contributed by atoms with Gasteiger partial charge in [-0.05, 0) is 30.3 Å². The first-order valence-corrected chi connectivity index (χ1v) is 7.21. The van der Waals surface area contributed by atoms with Crippen LogP contribution in [0.5, 0.6) is 5.75 Å². The van der Waals surface area contributed by atoms with Gasteiger partial charge in [0.15, 0.2) is 18.2 Å². The zero-order chi connectivity index (χ0) is 15.9. The van der Waals surface area contributed by atoms with Gasteiger partial charge in [-0.15, -0.1) is 0 Å². The molecule has 0 spiro atoms. The molecule has 22 heavy (non-hydrogen) atoms. The average Bonchev–Trinajstić information content (AvgIpc) is 2.52. The van der Waals surface area contributed by atoms with Crippen molar-refractivity contribution in [2.24, 2.45) is 0 Å². The average molecular weight is 363 g/mol. The van der Waals surface area contributed by atoms with Gasteiger partial charge in [-0.3, -0.25) is 9.69 Å². The molecule has 0 fully saturated rings. The van der Waals surface area contributed by atoms with Gasteiger partial charge in [-0.25, -0.2) is 4.39 Å². The van der Waals surface area contributed by atoms with Crippen molar-refractivity contribution in [1.82, 2.24) is 0 Å². The SMILES string of the molecule is N#CCN(C(=O)COc1ccc(Br)cc1F)c1ccccc1. The van der Waals surface area contributed by atoms with Crippen LogP contribution in [-0.4, -0.2) is 19.1 Å². The minimum atomic E-state index is -0.561. The molecule has 6 heteroatoms. The first kappa shape index (κ1) is 16.0. The van der Waals surface area contributed by atoms with Crippen LogP contribution >= 0.6 is 15.9 Å². The number of anilines is 1. The molecule has 1 amide bonds. The molecule has 0 aliphatic rings. The third-order valence-electron chi connectivity index (χ3n) is 2.84. The van der Waals surface area contributed by atoms with Crippen molar-refractivity contribution in [1.29, 1.82) is 5.26 Å². The fourth-order valence-electron chi connectivity index (χ4n) is 1.81. The van der Waals surface area contributed by atoms with Gasteiger partial charge in [-0.1, -0.05) is 34.1 Å². The van der Waals surface area contributed by atoms with Crippen LogP contribution in [0.1, 0.15) is 0 Å². The number of nitrogens with zero attached hydrogens (tertiary/aromatic N) is 2. The van der Waals surface area contributed by atoms with Crippen LogP contribution in [0.15, 0.2) is 53.0 Å². The molecular formula is C16H12BrFN2O2. The first-order valence-electron chi connectivity index (χ1n) is 6.42. The Bertz CT molecular complexity index is 701. The maximum Gasteiger partial charge on any atom is 0.265 e. The van der Waals surface area contributed by atoms with Gasteiger partial charge in [0.2, 0.25) is 0 Å². The summed E-state index contributed by atoms with van der Waals surface area (Å²) in [6.07, 6.45) is 0. The second kappa shape index (κ2) is 7.57. The second-order valence-corrected chi connectivity index (χ2v) is 5.25. The number of amides is 1. The van der Waals surface area contributed by atoms with Crippen molar-refractivity contribution in [2.75, 3.05) is 18.1 Å². The number of halogens is 2. The van der Waals surface area contributed by atoms with Gasteiger partial charge < -0.3 is 4.74 Å². The number of benzene rings is 2. The highest BCUT2D eigenvalue weighted by Crippen LogP contribution is 2.21. The molecule has 2 aromatic rings. The summed E-state index contributed by atoms with van der Waals surface area (Å²) in [5.41, 5.74) is 0.592. The first-order chi connectivity index (χ1) is 10.6. The van der Waals surface area contributed by atoms with Crippen molar-refractivity contribution in [2.45, 2.75) is 0 Å². The van der Waals surface area contributed by atoms with Gasteiger partial charge in [0.25, 0.3) is 5.91 Å². The summed E-state index contributed by atoms with van der Waals surface area (Å²) in [4.78, 5) is 13.5. The number of hydrogen-bond acceptors (Lipinski definition) is 3. The van der Waals surface area contributed by atoms with E-state index in [1.807, 2.05) is 12.1 Å². The highest BCUT2D eigenvalue weighted by Gasteiger charge is 2.16. The summed E-state index contributed by atoms with van der Waals surface area (Å²) in [5, 5.41) is 8.86. The Morgan fingerprint density at radius 3 is 2.64 bits per heavy atom. The number of rotatable bonds is 5. The summed E-state index contributed by atoms with van der Waals surface area (Å²) in [6.45, 7) is -0.454. The van der Waals surface area contributed by atoms with Gasteiger partial charge in [0.05, 0.1) is 6.07 Å². The van der Waals surface area contributed by atoms with Crippen LogP contribution in [0.3, 0.4) is 0 Å². The Labute approximate surface area is 135 Å². The molecule has 0 radical (unpaired) electrons. The van der Waals surface area contributed by atoms with E-state index in [1.54, 1.807) is 30.3 Å². The quantitative estimate of drug-likeness (QED) is 0.764. The lowest BCUT2D eigenvalue weighted by Crippen LogP contribution is -2.35. The highest BCUT2D eigenvalue weighted by molar-refractivity contribution is 9.10. The molecule has 2 aromatic carbocycles. The lowest BCUT2D eigenvalue weighted by atomic mass is 10.3. The predicted molar refractivity (Wildman–Crippen MR) is 84.0 cm³/mol. The van der Waals surface area contributed by atoms with Crippen LogP contribution in [-0.2, 0) is 4.79 Å². The van der Waals surface area contributed by atoms with Crippen LogP contribution in [0, 0.1) is 17.1 Å². The predicted octanol–water partition coefficient (Wildman–Crippen LogP) is 3.52. The van der Waals surface area contributed by atoms with E-state index in [4.69, 9.17) is 10.00 Å². The van der Waals surface area contributed by atoms with Gasteiger partial charge in [0, 0.05) is 10.2 Å². The molecule has 0 aromatic heterocycles. The fraction of sp³-hybridized carbons (Fsp3) is 0.125. The Morgan fingerprint density at radius 1 is 1.27 bits per heavy atom. The van der Waals surface area contributed by atoms with E-state index in [2.05, 4.69) is 15.9 Å². The molecule has 0 saturated heterocycles. The molecule has 0 aliphatic carbocycles. The summed E-state index contributed by atoms with van der Waals surface area (Å²) in [7, 11) is 0. The van der Waals surface area contributed by atoms with E-state index in [-0.39, 0.29) is 18.9 Å². The molecule has 4 nitrogen and oxygen atoms in total. The summed E-state index contributed by atoms with van der Waals surface area (Å²) in [6, 6.07) is 15.0. The smallest absolute Gasteiger partial charge is 0.265 e. The van der Waals surface area contributed by atoms with E-state index in [0.717, 1.165) is 0 Å². The van der Waals surface area contributed by atoms with Crippen molar-refractivity contribution in [3.8, 4) is 11.8 Å². The van der Waals surface area contributed by atoms with Crippen molar-refractivity contribution in [3.05, 3.63) is 58.8 Å². The molecule has 0 heterocycles. The molecule has 0 N–H and O–H groups in total. The molecular weight excluding hydrogens is 351 g/mol.